The molecule has 7 nitrogen and oxygen atoms in total. The SMILES string of the molecule is Cc1cccc(OCCNC(=O)COc2ccc(-c3nnco3)cc2)c1. The van der Waals surface area contributed by atoms with Crippen molar-refractivity contribution in [2.24, 2.45) is 0 Å². The number of ether oxygens (including phenoxy) is 2. The van der Waals surface area contributed by atoms with Crippen LogP contribution >= 0.6 is 0 Å². The summed E-state index contributed by atoms with van der Waals surface area (Å²) in [6, 6.07) is 14.8. The van der Waals surface area contributed by atoms with Gasteiger partial charge in [-0.15, -0.1) is 10.2 Å². The summed E-state index contributed by atoms with van der Waals surface area (Å²) >= 11 is 0. The molecule has 0 unspecified atom stereocenters. The van der Waals surface area contributed by atoms with Crippen LogP contribution in [-0.2, 0) is 4.79 Å². The monoisotopic (exact) mass is 353 g/mol. The van der Waals surface area contributed by atoms with Gasteiger partial charge in [0.2, 0.25) is 12.3 Å². The molecule has 0 aliphatic heterocycles. The summed E-state index contributed by atoms with van der Waals surface area (Å²) < 4.78 is 16.1. The Hall–Kier alpha value is -3.35. The maximum absolute atomic E-state index is 11.8. The van der Waals surface area contributed by atoms with E-state index in [1.807, 2.05) is 31.2 Å². The number of aryl methyl sites for hydroxylation is 1. The molecule has 134 valence electrons. The summed E-state index contributed by atoms with van der Waals surface area (Å²) in [4.78, 5) is 11.8. The molecule has 1 aromatic heterocycles. The van der Waals surface area contributed by atoms with Gasteiger partial charge in [-0.25, -0.2) is 0 Å². The maximum Gasteiger partial charge on any atom is 0.258 e. The lowest BCUT2D eigenvalue weighted by molar-refractivity contribution is -0.123. The van der Waals surface area contributed by atoms with Gasteiger partial charge in [-0.3, -0.25) is 4.79 Å². The number of rotatable bonds is 8. The van der Waals surface area contributed by atoms with Crippen LogP contribution in [0.25, 0.3) is 11.5 Å². The first-order valence-electron chi connectivity index (χ1n) is 8.16. The van der Waals surface area contributed by atoms with Gasteiger partial charge in [-0.1, -0.05) is 12.1 Å². The molecule has 1 amide bonds. The van der Waals surface area contributed by atoms with Crippen molar-refractivity contribution in [3.63, 3.8) is 0 Å². The third kappa shape index (κ3) is 5.07. The minimum absolute atomic E-state index is 0.0651. The molecule has 3 aromatic rings. The highest BCUT2D eigenvalue weighted by Gasteiger charge is 2.05. The molecule has 0 spiro atoms. The van der Waals surface area contributed by atoms with Crippen molar-refractivity contribution in [3.8, 4) is 23.0 Å². The normalized spacial score (nSPS) is 10.3. The Kier molecular flexibility index (Phi) is 5.82. The van der Waals surface area contributed by atoms with Crippen LogP contribution in [-0.4, -0.2) is 35.9 Å². The second kappa shape index (κ2) is 8.66. The quantitative estimate of drug-likeness (QED) is 0.627. The summed E-state index contributed by atoms with van der Waals surface area (Å²) in [5.41, 5.74) is 1.91. The number of hydrogen-bond donors (Lipinski definition) is 1. The number of carbonyl (C=O) groups is 1. The zero-order valence-corrected chi connectivity index (χ0v) is 14.3. The molecule has 0 aliphatic carbocycles. The Labute approximate surface area is 151 Å². The van der Waals surface area contributed by atoms with E-state index in [1.54, 1.807) is 24.3 Å². The Bertz CT molecular complexity index is 832. The molecule has 1 heterocycles. The van der Waals surface area contributed by atoms with Crippen LogP contribution in [0.1, 0.15) is 5.56 Å². The van der Waals surface area contributed by atoms with Gasteiger partial charge < -0.3 is 19.2 Å². The molecule has 26 heavy (non-hydrogen) atoms. The third-order valence-electron chi connectivity index (χ3n) is 3.51. The molecule has 0 fully saturated rings. The largest absolute Gasteiger partial charge is 0.492 e. The zero-order chi connectivity index (χ0) is 18.2. The highest BCUT2D eigenvalue weighted by Crippen LogP contribution is 2.20. The molecular weight excluding hydrogens is 334 g/mol. The average molecular weight is 353 g/mol. The number of amides is 1. The van der Waals surface area contributed by atoms with E-state index in [-0.39, 0.29) is 12.5 Å². The van der Waals surface area contributed by atoms with E-state index in [2.05, 4.69) is 15.5 Å². The van der Waals surface area contributed by atoms with Crippen molar-refractivity contribution in [1.82, 2.24) is 15.5 Å². The van der Waals surface area contributed by atoms with Crippen molar-refractivity contribution in [1.29, 1.82) is 0 Å². The molecular formula is C19H19N3O4. The van der Waals surface area contributed by atoms with E-state index < -0.39 is 0 Å². The number of carbonyl (C=O) groups excluding carboxylic acids is 1. The molecule has 3 rings (SSSR count). The summed E-state index contributed by atoms with van der Waals surface area (Å²) in [6.45, 7) is 2.74. The topological polar surface area (TPSA) is 86.5 Å². The maximum atomic E-state index is 11.8. The van der Waals surface area contributed by atoms with Crippen LogP contribution in [0.4, 0.5) is 0 Å². The second-order valence-electron chi connectivity index (χ2n) is 5.57. The minimum Gasteiger partial charge on any atom is -0.492 e. The summed E-state index contributed by atoms with van der Waals surface area (Å²) in [6.07, 6.45) is 1.27. The van der Waals surface area contributed by atoms with Crippen LogP contribution in [0.5, 0.6) is 11.5 Å². The smallest absolute Gasteiger partial charge is 0.258 e. The lowest BCUT2D eigenvalue weighted by Gasteiger charge is -2.09. The van der Waals surface area contributed by atoms with Crippen LogP contribution in [0, 0.1) is 6.92 Å². The molecule has 0 saturated heterocycles. The first kappa shape index (κ1) is 17.5. The predicted molar refractivity (Wildman–Crippen MR) is 94.9 cm³/mol. The van der Waals surface area contributed by atoms with Gasteiger partial charge in [-0.2, -0.15) is 0 Å². The van der Waals surface area contributed by atoms with E-state index in [0.717, 1.165) is 16.9 Å². The fraction of sp³-hybridized carbons (Fsp3) is 0.211. The van der Waals surface area contributed by atoms with Crippen LogP contribution in [0.15, 0.2) is 59.3 Å². The number of nitrogens with one attached hydrogen (secondary N) is 1. The van der Waals surface area contributed by atoms with E-state index in [4.69, 9.17) is 13.9 Å². The molecule has 1 N–H and O–H groups in total. The Morgan fingerprint density at radius 1 is 1.12 bits per heavy atom. The zero-order valence-electron chi connectivity index (χ0n) is 14.3. The Morgan fingerprint density at radius 3 is 2.69 bits per heavy atom. The van der Waals surface area contributed by atoms with Gasteiger partial charge in [0.1, 0.15) is 18.1 Å². The molecule has 0 aliphatic rings. The van der Waals surface area contributed by atoms with E-state index in [0.29, 0.717) is 24.8 Å². The number of aromatic nitrogens is 2. The lowest BCUT2D eigenvalue weighted by atomic mass is 10.2. The van der Waals surface area contributed by atoms with Crippen LogP contribution in [0.3, 0.4) is 0 Å². The Morgan fingerprint density at radius 2 is 1.96 bits per heavy atom. The Balaban J connectivity index is 1.36. The average Bonchev–Trinajstić information content (AvgIpc) is 3.19. The van der Waals surface area contributed by atoms with Gasteiger partial charge in [-0.05, 0) is 48.9 Å². The summed E-state index contributed by atoms with van der Waals surface area (Å²) in [5, 5.41) is 10.2. The molecule has 0 atom stereocenters. The van der Waals surface area contributed by atoms with Crippen LogP contribution in [0.2, 0.25) is 0 Å². The van der Waals surface area contributed by atoms with Gasteiger partial charge in [0.05, 0.1) is 6.54 Å². The van der Waals surface area contributed by atoms with Gasteiger partial charge in [0, 0.05) is 5.56 Å². The van der Waals surface area contributed by atoms with Crippen molar-refractivity contribution < 1.29 is 18.7 Å². The van der Waals surface area contributed by atoms with Gasteiger partial charge in [0.25, 0.3) is 5.91 Å². The van der Waals surface area contributed by atoms with Crippen molar-refractivity contribution in [2.45, 2.75) is 6.92 Å². The van der Waals surface area contributed by atoms with Crippen molar-refractivity contribution in [3.05, 3.63) is 60.5 Å². The van der Waals surface area contributed by atoms with Crippen molar-refractivity contribution >= 4 is 5.91 Å². The number of hydrogen-bond acceptors (Lipinski definition) is 6. The fourth-order valence-electron chi connectivity index (χ4n) is 2.26. The fourth-order valence-corrected chi connectivity index (χ4v) is 2.26. The minimum atomic E-state index is -0.209. The molecule has 0 bridgehead atoms. The molecule has 2 aromatic carbocycles. The lowest BCUT2D eigenvalue weighted by Crippen LogP contribution is -2.32. The van der Waals surface area contributed by atoms with E-state index >= 15 is 0 Å². The first-order chi connectivity index (χ1) is 12.7. The van der Waals surface area contributed by atoms with Gasteiger partial charge in [0.15, 0.2) is 6.61 Å². The van der Waals surface area contributed by atoms with E-state index in [1.165, 1.54) is 6.39 Å². The highest BCUT2D eigenvalue weighted by molar-refractivity contribution is 5.77. The number of benzene rings is 2. The predicted octanol–water partition coefficient (Wildman–Crippen LogP) is 2.62. The standard InChI is InChI=1S/C19H19N3O4/c1-14-3-2-4-17(11-14)24-10-9-20-18(23)12-25-16-7-5-15(6-8-16)19-22-21-13-26-19/h2-8,11,13H,9-10,12H2,1H3,(H,20,23). The number of nitrogens with zero attached hydrogens (tertiary/aromatic N) is 2. The van der Waals surface area contributed by atoms with Crippen molar-refractivity contribution in [2.75, 3.05) is 19.8 Å². The van der Waals surface area contributed by atoms with Crippen LogP contribution < -0.4 is 14.8 Å². The molecule has 0 saturated carbocycles. The summed E-state index contributed by atoms with van der Waals surface area (Å²) in [5.74, 6) is 1.60. The molecule has 0 radical (unpaired) electrons. The van der Waals surface area contributed by atoms with Gasteiger partial charge >= 0.3 is 0 Å². The molecule has 7 heteroatoms. The third-order valence-corrected chi connectivity index (χ3v) is 3.51. The highest BCUT2D eigenvalue weighted by atomic mass is 16.5. The first-order valence-corrected chi connectivity index (χ1v) is 8.16. The van der Waals surface area contributed by atoms with E-state index in [9.17, 15) is 4.79 Å². The second-order valence-corrected chi connectivity index (χ2v) is 5.57. The summed E-state index contributed by atoms with van der Waals surface area (Å²) in [7, 11) is 0.